The van der Waals surface area contributed by atoms with Crippen LogP contribution in [0.5, 0.6) is 0 Å². The van der Waals surface area contributed by atoms with Crippen molar-refractivity contribution in [3.05, 3.63) is 40.9 Å². The molecular weight excluding hydrogens is 460 g/mol. The van der Waals surface area contributed by atoms with E-state index in [4.69, 9.17) is 0 Å². The second-order valence-electron chi connectivity index (χ2n) is 8.08. The minimum absolute atomic E-state index is 0.180. The van der Waals surface area contributed by atoms with Crippen molar-refractivity contribution in [2.45, 2.75) is 31.5 Å². The summed E-state index contributed by atoms with van der Waals surface area (Å²) in [6.07, 6.45) is 2.51. The van der Waals surface area contributed by atoms with Crippen molar-refractivity contribution in [2.75, 3.05) is 29.5 Å². The number of nitrogens with one attached hydrogen (secondary N) is 2. The maximum Gasteiger partial charge on any atom is 0.257 e. The number of anilines is 2. The minimum Gasteiger partial charge on any atom is -0.325 e. The van der Waals surface area contributed by atoms with E-state index >= 15 is 0 Å². The van der Waals surface area contributed by atoms with Crippen molar-refractivity contribution in [2.24, 2.45) is 13.0 Å². The molecule has 1 fully saturated rings. The monoisotopic (exact) mass is 486 g/mol. The van der Waals surface area contributed by atoms with E-state index < -0.39 is 0 Å². The van der Waals surface area contributed by atoms with Crippen molar-refractivity contribution in [1.82, 2.24) is 30.1 Å². The number of aryl methyl sites for hydroxylation is 1. The van der Waals surface area contributed by atoms with Crippen molar-refractivity contribution >= 4 is 45.7 Å². The van der Waals surface area contributed by atoms with E-state index in [0.717, 1.165) is 31.2 Å². The van der Waals surface area contributed by atoms with E-state index in [1.165, 1.54) is 40.6 Å². The van der Waals surface area contributed by atoms with Crippen LogP contribution in [0.3, 0.4) is 0 Å². The zero-order chi connectivity index (χ0) is 23.2. The number of hydrogen-bond acceptors (Lipinski definition) is 9. The number of rotatable bonds is 8. The molecule has 0 spiro atoms. The second kappa shape index (κ2) is 10.9. The van der Waals surface area contributed by atoms with Crippen LogP contribution < -0.4 is 10.6 Å². The van der Waals surface area contributed by atoms with Gasteiger partial charge >= 0.3 is 0 Å². The summed E-state index contributed by atoms with van der Waals surface area (Å²) in [5, 5.41) is 19.9. The molecule has 0 saturated carbocycles. The van der Waals surface area contributed by atoms with Gasteiger partial charge in [-0.15, -0.1) is 16.4 Å². The van der Waals surface area contributed by atoms with Crippen LogP contribution in [0.4, 0.5) is 10.8 Å². The summed E-state index contributed by atoms with van der Waals surface area (Å²) in [6, 6.07) is 6.75. The lowest BCUT2D eigenvalue weighted by Crippen LogP contribution is -2.33. The standard InChI is InChI=1S/C21H26N8O2S2/c1-14-4-3-9-29(10-14)11-17-12-32-20(23-17)24-19(31)15-5-7-16(8-6-15)22-18(30)13-33-21-25-26-27-28(21)2/h5-8,12,14H,3-4,9-11,13H2,1-2H3,(H,22,30)(H,23,24,31). The molecule has 1 saturated heterocycles. The van der Waals surface area contributed by atoms with E-state index in [-0.39, 0.29) is 17.6 Å². The fourth-order valence-electron chi connectivity index (χ4n) is 3.64. The molecule has 1 unspecified atom stereocenters. The highest BCUT2D eigenvalue weighted by Crippen LogP contribution is 2.22. The minimum atomic E-state index is -0.231. The molecular formula is C21H26N8O2S2. The van der Waals surface area contributed by atoms with Gasteiger partial charge in [0.2, 0.25) is 11.1 Å². The lowest BCUT2D eigenvalue weighted by molar-refractivity contribution is -0.113. The number of aromatic nitrogens is 5. The summed E-state index contributed by atoms with van der Waals surface area (Å²) in [5.41, 5.74) is 2.09. The molecule has 2 amide bonds. The number of carbonyl (C=O) groups is 2. The van der Waals surface area contributed by atoms with E-state index in [1.807, 2.05) is 5.38 Å². The Morgan fingerprint density at radius 1 is 1.24 bits per heavy atom. The van der Waals surface area contributed by atoms with E-state index in [2.05, 4.69) is 43.0 Å². The summed E-state index contributed by atoms with van der Waals surface area (Å²) in [5.74, 6) is 0.488. The molecule has 10 nitrogen and oxygen atoms in total. The Hall–Kier alpha value is -2.83. The Kier molecular flexibility index (Phi) is 7.68. The van der Waals surface area contributed by atoms with Gasteiger partial charge in [-0.05, 0) is 60.0 Å². The molecule has 0 aliphatic carbocycles. The quantitative estimate of drug-likeness (QED) is 0.467. The van der Waals surface area contributed by atoms with Crippen LogP contribution in [0.1, 0.15) is 35.8 Å². The van der Waals surface area contributed by atoms with E-state index in [9.17, 15) is 9.59 Å². The highest BCUT2D eigenvalue weighted by atomic mass is 32.2. The first-order valence-corrected chi connectivity index (χ1v) is 12.6. The third kappa shape index (κ3) is 6.59. The Labute approximate surface area is 200 Å². The van der Waals surface area contributed by atoms with Gasteiger partial charge in [-0.3, -0.25) is 19.8 Å². The number of tetrazole rings is 1. The molecule has 2 N–H and O–H groups in total. The van der Waals surface area contributed by atoms with Gasteiger partial charge in [-0.1, -0.05) is 18.7 Å². The number of carbonyl (C=O) groups excluding carboxylic acids is 2. The molecule has 0 radical (unpaired) electrons. The highest BCUT2D eigenvalue weighted by Gasteiger charge is 2.18. The number of nitrogens with zero attached hydrogens (tertiary/aromatic N) is 6. The predicted octanol–water partition coefficient (Wildman–Crippen LogP) is 2.88. The van der Waals surface area contributed by atoms with Crippen molar-refractivity contribution in [3.63, 3.8) is 0 Å². The number of hydrogen-bond donors (Lipinski definition) is 2. The number of likely N-dealkylation sites (tertiary alicyclic amines) is 1. The van der Waals surface area contributed by atoms with Gasteiger partial charge in [0.15, 0.2) is 5.13 Å². The number of thiazole rings is 1. The fourth-order valence-corrected chi connectivity index (χ4v) is 4.99. The zero-order valence-corrected chi connectivity index (χ0v) is 20.2. The molecule has 1 aromatic carbocycles. The van der Waals surface area contributed by atoms with Crippen LogP contribution >= 0.6 is 23.1 Å². The fraction of sp³-hybridized carbons (Fsp3) is 0.429. The normalized spacial score (nSPS) is 16.5. The molecule has 0 bridgehead atoms. The average molecular weight is 487 g/mol. The summed E-state index contributed by atoms with van der Waals surface area (Å²) < 4.78 is 1.50. The summed E-state index contributed by atoms with van der Waals surface area (Å²) in [4.78, 5) is 31.7. The van der Waals surface area contributed by atoms with Crippen molar-refractivity contribution in [3.8, 4) is 0 Å². The smallest absolute Gasteiger partial charge is 0.257 e. The third-order valence-corrected chi connectivity index (χ3v) is 7.06. The summed E-state index contributed by atoms with van der Waals surface area (Å²) >= 11 is 2.68. The SMILES string of the molecule is CC1CCCN(Cc2csc(NC(=O)c3ccc(NC(=O)CSc4nnnn4C)cc3)n2)C1. The van der Waals surface area contributed by atoms with Gasteiger partial charge in [0.05, 0.1) is 11.4 Å². The first-order valence-electron chi connectivity index (χ1n) is 10.7. The van der Waals surface area contributed by atoms with Gasteiger partial charge in [-0.2, -0.15) is 0 Å². The van der Waals surface area contributed by atoms with Crippen LogP contribution in [-0.2, 0) is 18.4 Å². The zero-order valence-electron chi connectivity index (χ0n) is 18.5. The number of thioether (sulfide) groups is 1. The Morgan fingerprint density at radius 3 is 2.79 bits per heavy atom. The number of piperidine rings is 1. The van der Waals surface area contributed by atoms with Crippen LogP contribution in [0.25, 0.3) is 0 Å². The first-order chi connectivity index (χ1) is 16.0. The first kappa shape index (κ1) is 23.3. The molecule has 3 aromatic rings. The van der Waals surface area contributed by atoms with E-state index in [0.29, 0.717) is 21.5 Å². The highest BCUT2D eigenvalue weighted by molar-refractivity contribution is 7.99. The van der Waals surface area contributed by atoms with Gasteiger partial charge < -0.3 is 5.32 Å². The molecule has 2 aromatic heterocycles. The number of benzene rings is 1. The molecule has 3 heterocycles. The largest absolute Gasteiger partial charge is 0.325 e. The topological polar surface area (TPSA) is 118 Å². The second-order valence-corrected chi connectivity index (χ2v) is 9.88. The molecule has 1 aliphatic heterocycles. The maximum atomic E-state index is 12.6. The third-order valence-electron chi connectivity index (χ3n) is 5.24. The van der Waals surface area contributed by atoms with E-state index in [1.54, 1.807) is 31.3 Å². The molecule has 1 atom stereocenters. The molecule has 33 heavy (non-hydrogen) atoms. The average Bonchev–Trinajstić information content (AvgIpc) is 3.41. The van der Waals surface area contributed by atoms with Crippen molar-refractivity contribution < 1.29 is 9.59 Å². The number of amides is 2. The molecule has 174 valence electrons. The van der Waals surface area contributed by atoms with Crippen LogP contribution in [0, 0.1) is 5.92 Å². The van der Waals surface area contributed by atoms with Gasteiger partial charge in [0.25, 0.3) is 5.91 Å². The summed E-state index contributed by atoms with van der Waals surface area (Å²) in [6.45, 7) is 5.30. The molecule has 1 aliphatic rings. The van der Waals surface area contributed by atoms with Crippen LogP contribution in [0.15, 0.2) is 34.8 Å². The molecule has 12 heteroatoms. The van der Waals surface area contributed by atoms with Crippen molar-refractivity contribution in [1.29, 1.82) is 0 Å². The lowest BCUT2D eigenvalue weighted by atomic mass is 10.0. The summed E-state index contributed by atoms with van der Waals surface area (Å²) in [7, 11) is 1.71. The van der Waals surface area contributed by atoms with Gasteiger partial charge in [0, 0.05) is 36.8 Å². The van der Waals surface area contributed by atoms with Crippen LogP contribution in [0.2, 0.25) is 0 Å². The lowest BCUT2D eigenvalue weighted by Gasteiger charge is -2.30. The molecule has 4 rings (SSSR count). The Bertz CT molecular complexity index is 1100. The van der Waals surface area contributed by atoms with Gasteiger partial charge in [-0.25, -0.2) is 9.67 Å². The maximum absolute atomic E-state index is 12.6. The Balaban J connectivity index is 1.25. The van der Waals surface area contributed by atoms with Crippen LogP contribution in [-0.4, -0.2) is 60.7 Å². The Morgan fingerprint density at radius 2 is 2.06 bits per heavy atom. The van der Waals surface area contributed by atoms with Gasteiger partial charge in [0.1, 0.15) is 0 Å². The predicted molar refractivity (Wildman–Crippen MR) is 128 cm³/mol.